The average molecular weight is 357 g/mol. The Hall–Kier alpha value is -2.50. The SMILES string of the molecule is COc1ccc(C(=O)C2CCCN(c3cc(C(C)C)ncn3)C2)cc1F. The molecule has 0 radical (unpaired) electrons. The van der Waals surface area contributed by atoms with E-state index in [1.807, 2.05) is 6.07 Å². The maximum Gasteiger partial charge on any atom is 0.167 e. The van der Waals surface area contributed by atoms with Crippen LogP contribution >= 0.6 is 0 Å². The number of hydrogen-bond acceptors (Lipinski definition) is 5. The number of rotatable bonds is 5. The van der Waals surface area contributed by atoms with Gasteiger partial charge in [0.2, 0.25) is 0 Å². The van der Waals surface area contributed by atoms with Gasteiger partial charge < -0.3 is 9.64 Å². The Morgan fingerprint density at radius 3 is 2.81 bits per heavy atom. The molecule has 26 heavy (non-hydrogen) atoms. The first-order valence-electron chi connectivity index (χ1n) is 8.94. The zero-order valence-corrected chi connectivity index (χ0v) is 15.4. The van der Waals surface area contributed by atoms with Crippen molar-refractivity contribution in [2.75, 3.05) is 25.1 Å². The zero-order chi connectivity index (χ0) is 18.7. The number of anilines is 1. The average Bonchev–Trinajstić information content (AvgIpc) is 2.67. The van der Waals surface area contributed by atoms with Crippen molar-refractivity contribution in [1.29, 1.82) is 0 Å². The number of carbonyl (C=O) groups excluding carboxylic acids is 1. The number of nitrogens with zero attached hydrogens (tertiary/aromatic N) is 3. The van der Waals surface area contributed by atoms with E-state index < -0.39 is 5.82 Å². The van der Waals surface area contributed by atoms with Crippen LogP contribution in [0.4, 0.5) is 10.2 Å². The van der Waals surface area contributed by atoms with E-state index >= 15 is 0 Å². The largest absolute Gasteiger partial charge is 0.494 e. The molecule has 0 spiro atoms. The molecule has 1 aliphatic rings. The number of ketones is 1. The fraction of sp³-hybridized carbons (Fsp3) is 0.450. The summed E-state index contributed by atoms with van der Waals surface area (Å²) in [6.07, 6.45) is 3.27. The van der Waals surface area contributed by atoms with E-state index in [4.69, 9.17) is 4.74 Å². The molecule has 3 rings (SSSR count). The van der Waals surface area contributed by atoms with Crippen LogP contribution in [0.2, 0.25) is 0 Å². The standard InChI is InChI=1S/C20H24FN3O2/c1-13(2)17-10-19(23-12-22-17)24-8-4-5-15(11-24)20(25)14-6-7-18(26-3)16(21)9-14/h6-7,9-10,12-13,15H,4-5,8,11H2,1-3H3. The lowest BCUT2D eigenvalue weighted by atomic mass is 9.90. The highest BCUT2D eigenvalue weighted by Crippen LogP contribution is 2.27. The first-order valence-corrected chi connectivity index (χ1v) is 8.94. The lowest BCUT2D eigenvalue weighted by molar-refractivity contribution is 0.0906. The lowest BCUT2D eigenvalue weighted by Gasteiger charge is -2.33. The van der Waals surface area contributed by atoms with Crippen LogP contribution < -0.4 is 9.64 Å². The minimum atomic E-state index is -0.511. The van der Waals surface area contributed by atoms with Crippen LogP contribution in [-0.4, -0.2) is 36.0 Å². The molecule has 1 fully saturated rings. The van der Waals surface area contributed by atoms with Crippen LogP contribution in [-0.2, 0) is 0 Å². The normalized spacial score (nSPS) is 17.4. The third kappa shape index (κ3) is 3.84. The highest BCUT2D eigenvalue weighted by molar-refractivity contribution is 5.98. The molecule has 138 valence electrons. The van der Waals surface area contributed by atoms with Crippen molar-refractivity contribution in [1.82, 2.24) is 9.97 Å². The smallest absolute Gasteiger partial charge is 0.167 e. The number of Topliss-reactive ketones (excluding diaryl/α,β-unsaturated/α-hetero) is 1. The Kier molecular flexibility index (Phi) is 5.49. The number of piperidine rings is 1. The molecule has 2 aromatic rings. The van der Waals surface area contributed by atoms with Crippen LogP contribution in [0.5, 0.6) is 5.75 Å². The second kappa shape index (κ2) is 7.81. The molecule has 1 aromatic carbocycles. The van der Waals surface area contributed by atoms with E-state index in [9.17, 15) is 9.18 Å². The molecule has 2 heterocycles. The Labute approximate surface area is 153 Å². The van der Waals surface area contributed by atoms with Crippen molar-refractivity contribution in [2.45, 2.75) is 32.6 Å². The minimum absolute atomic E-state index is 0.0330. The Morgan fingerprint density at radius 1 is 1.31 bits per heavy atom. The van der Waals surface area contributed by atoms with Gasteiger partial charge in [-0.3, -0.25) is 4.79 Å². The second-order valence-corrected chi connectivity index (χ2v) is 6.95. The molecule has 0 aliphatic carbocycles. The van der Waals surface area contributed by atoms with E-state index in [-0.39, 0.29) is 17.5 Å². The third-order valence-corrected chi connectivity index (χ3v) is 4.82. The first kappa shape index (κ1) is 18.3. The fourth-order valence-corrected chi connectivity index (χ4v) is 3.30. The van der Waals surface area contributed by atoms with Gasteiger partial charge in [-0.2, -0.15) is 0 Å². The Bertz CT molecular complexity index is 794. The number of ether oxygens (including phenoxy) is 1. The molecule has 0 N–H and O–H groups in total. The van der Waals surface area contributed by atoms with E-state index in [2.05, 4.69) is 28.7 Å². The predicted molar refractivity (Wildman–Crippen MR) is 98.3 cm³/mol. The summed E-state index contributed by atoms with van der Waals surface area (Å²) in [4.78, 5) is 23.6. The summed E-state index contributed by atoms with van der Waals surface area (Å²) in [7, 11) is 1.41. The van der Waals surface area contributed by atoms with Crippen LogP contribution in [0.25, 0.3) is 0 Å². The van der Waals surface area contributed by atoms with Crippen molar-refractivity contribution >= 4 is 11.6 Å². The maximum absolute atomic E-state index is 13.9. The monoisotopic (exact) mass is 357 g/mol. The molecule has 1 atom stereocenters. The predicted octanol–water partition coefficient (Wildman–Crippen LogP) is 3.85. The fourth-order valence-electron chi connectivity index (χ4n) is 3.30. The van der Waals surface area contributed by atoms with Crippen LogP contribution in [0.3, 0.4) is 0 Å². The molecule has 5 nitrogen and oxygen atoms in total. The van der Waals surface area contributed by atoms with E-state index in [1.165, 1.54) is 19.2 Å². The van der Waals surface area contributed by atoms with Crippen LogP contribution in [0.15, 0.2) is 30.6 Å². The van der Waals surface area contributed by atoms with Crippen molar-refractivity contribution < 1.29 is 13.9 Å². The highest BCUT2D eigenvalue weighted by Gasteiger charge is 2.28. The van der Waals surface area contributed by atoms with Gasteiger partial charge in [0.25, 0.3) is 0 Å². The zero-order valence-electron chi connectivity index (χ0n) is 15.4. The maximum atomic E-state index is 13.9. The Balaban J connectivity index is 1.77. The number of benzene rings is 1. The molecule has 1 unspecified atom stereocenters. The topological polar surface area (TPSA) is 55.3 Å². The number of hydrogen-bond donors (Lipinski definition) is 0. The molecule has 1 aliphatic heterocycles. The van der Waals surface area contributed by atoms with Crippen LogP contribution in [0.1, 0.15) is 48.7 Å². The third-order valence-electron chi connectivity index (χ3n) is 4.82. The number of aromatic nitrogens is 2. The summed E-state index contributed by atoms with van der Waals surface area (Å²) in [6.45, 7) is 5.62. The number of carbonyl (C=O) groups is 1. The van der Waals surface area contributed by atoms with Gasteiger partial charge in [0.1, 0.15) is 12.1 Å². The summed E-state index contributed by atoms with van der Waals surface area (Å²) in [6, 6.07) is 6.39. The van der Waals surface area contributed by atoms with Gasteiger partial charge in [0.15, 0.2) is 17.3 Å². The van der Waals surface area contributed by atoms with Crippen molar-refractivity contribution in [3.05, 3.63) is 47.7 Å². The summed E-state index contributed by atoms with van der Waals surface area (Å²) in [5.74, 6) is 0.601. The molecule has 1 aromatic heterocycles. The molecule has 1 saturated heterocycles. The summed E-state index contributed by atoms with van der Waals surface area (Å²) >= 11 is 0. The minimum Gasteiger partial charge on any atom is -0.494 e. The summed E-state index contributed by atoms with van der Waals surface area (Å²) in [5, 5.41) is 0. The Morgan fingerprint density at radius 2 is 2.12 bits per heavy atom. The molecular weight excluding hydrogens is 333 g/mol. The van der Waals surface area contributed by atoms with E-state index in [0.717, 1.165) is 30.9 Å². The van der Waals surface area contributed by atoms with Gasteiger partial charge in [-0.1, -0.05) is 13.8 Å². The molecule has 6 heteroatoms. The van der Waals surface area contributed by atoms with Gasteiger partial charge in [0.05, 0.1) is 7.11 Å². The molecular formula is C20H24FN3O2. The molecule has 0 amide bonds. The second-order valence-electron chi connectivity index (χ2n) is 6.95. The van der Waals surface area contributed by atoms with Crippen molar-refractivity contribution in [3.63, 3.8) is 0 Å². The lowest BCUT2D eigenvalue weighted by Crippen LogP contribution is -2.39. The van der Waals surface area contributed by atoms with Crippen molar-refractivity contribution in [2.24, 2.45) is 5.92 Å². The summed E-state index contributed by atoms with van der Waals surface area (Å²) in [5.41, 5.74) is 1.38. The highest BCUT2D eigenvalue weighted by atomic mass is 19.1. The van der Waals surface area contributed by atoms with E-state index in [1.54, 1.807) is 12.4 Å². The van der Waals surface area contributed by atoms with Crippen LogP contribution in [0, 0.1) is 11.7 Å². The van der Waals surface area contributed by atoms with Gasteiger partial charge in [0, 0.05) is 36.3 Å². The van der Waals surface area contributed by atoms with E-state index in [0.29, 0.717) is 18.0 Å². The number of halogens is 1. The molecule has 0 bridgehead atoms. The quantitative estimate of drug-likeness (QED) is 0.761. The van der Waals surface area contributed by atoms with Gasteiger partial charge in [-0.15, -0.1) is 0 Å². The number of methoxy groups -OCH3 is 1. The van der Waals surface area contributed by atoms with Gasteiger partial charge in [-0.25, -0.2) is 14.4 Å². The summed E-state index contributed by atoms with van der Waals surface area (Å²) < 4.78 is 18.9. The van der Waals surface area contributed by atoms with Crippen molar-refractivity contribution in [3.8, 4) is 5.75 Å². The first-order chi connectivity index (χ1) is 12.5. The van der Waals surface area contributed by atoms with Gasteiger partial charge >= 0.3 is 0 Å². The van der Waals surface area contributed by atoms with Gasteiger partial charge in [-0.05, 0) is 37.0 Å². The molecule has 0 saturated carbocycles.